The van der Waals surface area contributed by atoms with Gasteiger partial charge in [-0.2, -0.15) is 0 Å². The number of halogens is 1. The van der Waals surface area contributed by atoms with Crippen LogP contribution in [-0.2, 0) is 4.79 Å². The van der Waals surface area contributed by atoms with Gasteiger partial charge >= 0.3 is 5.97 Å². The van der Waals surface area contributed by atoms with E-state index in [1.165, 1.54) is 23.1 Å². The number of thiophene rings is 1. The molecule has 1 atom stereocenters. The van der Waals surface area contributed by atoms with Gasteiger partial charge in [0.2, 0.25) is 0 Å². The van der Waals surface area contributed by atoms with E-state index in [0.717, 1.165) is 4.21 Å². The van der Waals surface area contributed by atoms with Crippen LogP contribution in [0, 0.1) is 5.92 Å². The molecule has 0 radical (unpaired) electrons. The molecule has 0 aliphatic rings. The summed E-state index contributed by atoms with van der Waals surface area (Å²) in [6, 6.07) is 3.64. The lowest BCUT2D eigenvalue weighted by atomic mass is 10.1. The van der Waals surface area contributed by atoms with Crippen molar-refractivity contribution >= 4 is 40.7 Å². The second-order valence-corrected chi connectivity index (χ2v) is 6.34. The van der Waals surface area contributed by atoms with E-state index < -0.39 is 11.2 Å². The first-order valence-corrected chi connectivity index (χ1v) is 6.23. The molecule has 5 heteroatoms. The first-order chi connectivity index (χ1) is 6.50. The third-order valence-corrected chi connectivity index (χ3v) is 4.57. The van der Waals surface area contributed by atoms with Crippen molar-refractivity contribution in [1.82, 2.24) is 0 Å². The number of hydrogen-bond donors (Lipinski definition) is 1. The molecule has 0 spiro atoms. The molecule has 1 heterocycles. The maximum atomic E-state index is 10.9. The second-order valence-electron chi connectivity index (χ2n) is 3.18. The van der Waals surface area contributed by atoms with Crippen LogP contribution < -0.4 is 0 Å². The van der Waals surface area contributed by atoms with Crippen LogP contribution >= 0.6 is 34.7 Å². The lowest BCUT2D eigenvalue weighted by Crippen LogP contribution is -2.21. The van der Waals surface area contributed by atoms with Gasteiger partial charge < -0.3 is 5.11 Å². The minimum absolute atomic E-state index is 0.110. The molecule has 1 unspecified atom stereocenters. The van der Waals surface area contributed by atoms with Gasteiger partial charge in [-0.25, -0.2) is 0 Å². The number of carboxylic acids is 1. The smallest absolute Gasteiger partial charge is 0.317 e. The quantitative estimate of drug-likeness (QED) is 0.830. The molecule has 1 aromatic heterocycles. The Kier molecular flexibility index (Phi) is 4.29. The van der Waals surface area contributed by atoms with Crippen molar-refractivity contribution in [3.05, 3.63) is 16.5 Å². The standard InChI is InChI=1S/C9H11ClO2S2/c1-5(2)8(9(11)12)14-7-4-3-6(10)13-7/h3-5,8H,1-2H3,(H,11,12). The van der Waals surface area contributed by atoms with Crippen LogP contribution in [0.25, 0.3) is 0 Å². The molecule has 0 aromatic carbocycles. The number of thioether (sulfide) groups is 1. The fraction of sp³-hybridized carbons (Fsp3) is 0.444. The molecular weight excluding hydrogens is 240 g/mol. The van der Waals surface area contributed by atoms with Crippen LogP contribution in [0.2, 0.25) is 4.34 Å². The number of rotatable bonds is 4. The Labute approximate surface area is 96.3 Å². The molecular formula is C9H11ClO2S2. The van der Waals surface area contributed by atoms with Crippen LogP contribution in [0.5, 0.6) is 0 Å². The van der Waals surface area contributed by atoms with Gasteiger partial charge in [-0.3, -0.25) is 4.79 Å². The van der Waals surface area contributed by atoms with E-state index in [-0.39, 0.29) is 5.92 Å². The molecule has 0 fully saturated rings. The van der Waals surface area contributed by atoms with Gasteiger partial charge in [-0.15, -0.1) is 11.3 Å². The summed E-state index contributed by atoms with van der Waals surface area (Å²) in [5.74, 6) is -0.659. The Hall–Kier alpha value is -0.190. The Morgan fingerprint density at radius 1 is 1.57 bits per heavy atom. The summed E-state index contributed by atoms with van der Waals surface area (Å²) in [4.78, 5) is 10.9. The highest BCUT2D eigenvalue weighted by Gasteiger charge is 2.23. The zero-order valence-electron chi connectivity index (χ0n) is 7.86. The normalized spacial score (nSPS) is 13.1. The van der Waals surface area contributed by atoms with Gasteiger partial charge in [-0.05, 0) is 18.1 Å². The third-order valence-electron chi connectivity index (χ3n) is 1.64. The van der Waals surface area contributed by atoms with Crippen LogP contribution in [0.4, 0.5) is 0 Å². The summed E-state index contributed by atoms with van der Waals surface area (Å²) >= 11 is 8.54. The highest BCUT2D eigenvalue weighted by molar-refractivity contribution is 8.02. The van der Waals surface area contributed by atoms with Gasteiger partial charge in [0, 0.05) is 0 Å². The fourth-order valence-electron chi connectivity index (χ4n) is 0.958. The molecule has 0 saturated heterocycles. The largest absolute Gasteiger partial charge is 0.480 e. The Balaban J connectivity index is 2.69. The molecule has 0 amide bonds. The topological polar surface area (TPSA) is 37.3 Å². The number of hydrogen-bond acceptors (Lipinski definition) is 3. The van der Waals surface area contributed by atoms with Crippen LogP contribution in [0.3, 0.4) is 0 Å². The average Bonchev–Trinajstić information content (AvgIpc) is 2.46. The molecule has 14 heavy (non-hydrogen) atoms. The molecule has 78 valence electrons. The number of carboxylic acid groups (broad SMARTS) is 1. The summed E-state index contributed by atoms with van der Waals surface area (Å²) in [5, 5.41) is 8.56. The molecule has 0 bridgehead atoms. The first-order valence-electron chi connectivity index (χ1n) is 4.15. The molecule has 0 aliphatic carbocycles. The lowest BCUT2D eigenvalue weighted by molar-refractivity contribution is -0.137. The fourth-order valence-corrected chi connectivity index (χ4v) is 3.41. The molecule has 1 aromatic rings. The zero-order chi connectivity index (χ0) is 10.7. The van der Waals surface area contributed by atoms with Crippen molar-refractivity contribution in [2.45, 2.75) is 23.3 Å². The first kappa shape index (κ1) is 11.9. The summed E-state index contributed by atoms with van der Waals surface area (Å²) in [6.07, 6.45) is 0. The second kappa shape index (κ2) is 5.05. The zero-order valence-corrected chi connectivity index (χ0v) is 10.2. The molecule has 1 rings (SSSR count). The van der Waals surface area contributed by atoms with Crippen LogP contribution in [-0.4, -0.2) is 16.3 Å². The summed E-state index contributed by atoms with van der Waals surface area (Å²) in [5.41, 5.74) is 0. The molecule has 0 aliphatic heterocycles. The molecule has 0 saturated carbocycles. The van der Waals surface area contributed by atoms with E-state index in [2.05, 4.69) is 0 Å². The Morgan fingerprint density at radius 3 is 2.57 bits per heavy atom. The van der Waals surface area contributed by atoms with Gasteiger partial charge in [0.15, 0.2) is 0 Å². The summed E-state index contributed by atoms with van der Waals surface area (Å²) in [6.45, 7) is 3.81. The van der Waals surface area contributed by atoms with E-state index in [9.17, 15) is 4.79 Å². The predicted molar refractivity (Wildman–Crippen MR) is 61.4 cm³/mol. The maximum Gasteiger partial charge on any atom is 0.317 e. The molecule has 2 nitrogen and oxygen atoms in total. The number of carbonyl (C=O) groups is 1. The van der Waals surface area contributed by atoms with E-state index in [1.54, 1.807) is 6.07 Å². The van der Waals surface area contributed by atoms with E-state index in [0.29, 0.717) is 4.34 Å². The monoisotopic (exact) mass is 250 g/mol. The maximum absolute atomic E-state index is 10.9. The van der Waals surface area contributed by atoms with Gasteiger partial charge in [0.05, 0.1) is 8.55 Å². The predicted octanol–water partition coefficient (Wildman–Crippen LogP) is 3.60. The highest BCUT2D eigenvalue weighted by atomic mass is 35.5. The highest BCUT2D eigenvalue weighted by Crippen LogP contribution is 2.35. The minimum Gasteiger partial charge on any atom is -0.480 e. The van der Waals surface area contributed by atoms with Gasteiger partial charge in [0.1, 0.15) is 5.25 Å². The van der Waals surface area contributed by atoms with Crippen molar-refractivity contribution < 1.29 is 9.90 Å². The summed E-state index contributed by atoms with van der Waals surface area (Å²) < 4.78 is 1.65. The Bertz CT molecular complexity index is 322. The van der Waals surface area contributed by atoms with E-state index in [1.807, 2.05) is 19.9 Å². The van der Waals surface area contributed by atoms with Gasteiger partial charge in [0.25, 0.3) is 0 Å². The van der Waals surface area contributed by atoms with Crippen molar-refractivity contribution in [3.8, 4) is 0 Å². The van der Waals surface area contributed by atoms with Crippen molar-refractivity contribution in [1.29, 1.82) is 0 Å². The van der Waals surface area contributed by atoms with E-state index >= 15 is 0 Å². The minimum atomic E-state index is -0.769. The third kappa shape index (κ3) is 3.19. The van der Waals surface area contributed by atoms with Crippen LogP contribution in [0.1, 0.15) is 13.8 Å². The van der Waals surface area contributed by atoms with Crippen molar-refractivity contribution in [3.63, 3.8) is 0 Å². The summed E-state index contributed by atoms with van der Waals surface area (Å²) in [7, 11) is 0. The lowest BCUT2D eigenvalue weighted by Gasteiger charge is -2.13. The van der Waals surface area contributed by atoms with Crippen LogP contribution in [0.15, 0.2) is 16.3 Å². The molecule has 1 N–H and O–H groups in total. The van der Waals surface area contributed by atoms with Gasteiger partial charge in [-0.1, -0.05) is 37.2 Å². The Morgan fingerprint density at radius 2 is 2.21 bits per heavy atom. The number of aliphatic carboxylic acids is 1. The average molecular weight is 251 g/mol. The SMILES string of the molecule is CC(C)C(Sc1ccc(Cl)s1)C(=O)O. The van der Waals surface area contributed by atoms with Crippen molar-refractivity contribution in [2.75, 3.05) is 0 Å². The van der Waals surface area contributed by atoms with E-state index in [4.69, 9.17) is 16.7 Å². The van der Waals surface area contributed by atoms with Crippen molar-refractivity contribution in [2.24, 2.45) is 5.92 Å².